The van der Waals surface area contributed by atoms with Crippen LogP contribution in [0.4, 0.5) is 14.6 Å². The maximum atomic E-state index is 12.4. The highest BCUT2D eigenvalue weighted by atomic mass is 19.3. The number of aromatic nitrogens is 1. The quantitative estimate of drug-likeness (QED) is 0.596. The molecule has 7 nitrogen and oxygen atoms in total. The number of carboxylic acid groups (broad SMARTS) is 1. The van der Waals surface area contributed by atoms with Crippen LogP contribution in [0.15, 0.2) is 10.9 Å². The summed E-state index contributed by atoms with van der Waals surface area (Å²) in [5, 5.41) is 19.0. The number of carboxylic acids is 1. The first-order chi connectivity index (χ1) is 7.34. The van der Waals surface area contributed by atoms with Crippen LogP contribution >= 0.6 is 0 Å². The maximum Gasteiger partial charge on any atom is 0.344 e. The lowest BCUT2D eigenvalue weighted by Gasteiger charge is -2.04. The van der Waals surface area contributed by atoms with Crippen LogP contribution in [0, 0.1) is 10.1 Å². The summed E-state index contributed by atoms with van der Waals surface area (Å²) in [6, 6.07) is 0.321. The van der Waals surface area contributed by atoms with E-state index in [2.05, 4.69) is 0 Å². The van der Waals surface area contributed by atoms with Crippen molar-refractivity contribution in [2.24, 2.45) is 0 Å². The van der Waals surface area contributed by atoms with Crippen LogP contribution in [0.2, 0.25) is 0 Å². The van der Waals surface area contributed by atoms with Crippen molar-refractivity contribution in [3.05, 3.63) is 37.7 Å². The van der Waals surface area contributed by atoms with Crippen LogP contribution in [-0.4, -0.2) is 21.0 Å². The average Bonchev–Trinajstić information content (AvgIpc) is 2.15. The highest BCUT2D eigenvalue weighted by molar-refractivity contribution is 5.93. The van der Waals surface area contributed by atoms with Gasteiger partial charge in [0.15, 0.2) is 5.56 Å². The van der Waals surface area contributed by atoms with Gasteiger partial charge < -0.3 is 15.2 Å². The van der Waals surface area contributed by atoms with E-state index in [4.69, 9.17) is 5.11 Å². The number of alkyl halides is 2. The second-order valence-corrected chi connectivity index (χ2v) is 2.68. The third kappa shape index (κ3) is 2.02. The number of nitro groups is 1. The second-order valence-electron chi connectivity index (χ2n) is 2.68. The first-order valence-corrected chi connectivity index (χ1v) is 3.77. The molecule has 1 aromatic rings. The molecule has 0 amide bonds. The zero-order chi connectivity index (χ0) is 12.5. The molecule has 9 heteroatoms. The molecule has 0 spiro atoms. The van der Waals surface area contributed by atoms with E-state index in [0.29, 0.717) is 6.07 Å². The van der Waals surface area contributed by atoms with Crippen LogP contribution in [-0.2, 0) is 0 Å². The lowest BCUT2D eigenvalue weighted by molar-refractivity contribution is -0.390. The average molecular weight is 234 g/mol. The molecule has 0 aliphatic heterocycles. The first-order valence-electron chi connectivity index (χ1n) is 3.77. The van der Waals surface area contributed by atoms with E-state index in [1.54, 1.807) is 4.98 Å². The smallest absolute Gasteiger partial charge is 0.344 e. The standard InChI is InChI=1S/C7H4F2N2O5/c8-5(9)2-1-3(12)10-6(11(15)16)4(2)7(13)14/h1,5H,(H,10,12)(H,13,14). The largest absolute Gasteiger partial charge is 0.477 e. The summed E-state index contributed by atoms with van der Waals surface area (Å²) in [6.45, 7) is 0. The summed E-state index contributed by atoms with van der Waals surface area (Å²) in [6.07, 6.45) is -3.29. The number of H-pyrrole nitrogens is 1. The summed E-state index contributed by atoms with van der Waals surface area (Å²) in [7, 11) is 0. The Bertz CT molecular complexity index is 510. The normalized spacial score (nSPS) is 10.4. The monoisotopic (exact) mass is 234 g/mol. The molecule has 0 saturated carbocycles. The van der Waals surface area contributed by atoms with E-state index in [1.165, 1.54) is 0 Å². The summed E-state index contributed by atoms with van der Waals surface area (Å²) in [5.41, 5.74) is -3.55. The zero-order valence-corrected chi connectivity index (χ0v) is 7.44. The molecule has 1 heterocycles. The zero-order valence-electron chi connectivity index (χ0n) is 7.44. The summed E-state index contributed by atoms with van der Waals surface area (Å²) in [4.78, 5) is 32.1. The molecular weight excluding hydrogens is 230 g/mol. The Kier molecular flexibility index (Phi) is 2.97. The number of nitrogens with zero attached hydrogens (tertiary/aromatic N) is 1. The topological polar surface area (TPSA) is 113 Å². The van der Waals surface area contributed by atoms with Crippen LogP contribution in [0.25, 0.3) is 0 Å². The SMILES string of the molecule is O=C(O)c1c(C(F)F)cc(=O)[nH]c1[N+](=O)[O-]. The van der Waals surface area contributed by atoms with Crippen molar-refractivity contribution >= 4 is 11.8 Å². The minimum absolute atomic E-state index is 0.321. The molecule has 0 fully saturated rings. The fraction of sp³-hybridized carbons (Fsp3) is 0.143. The number of nitrogens with one attached hydrogen (secondary N) is 1. The minimum atomic E-state index is -3.29. The first kappa shape index (κ1) is 11.8. The molecule has 0 atom stereocenters. The number of halogens is 2. The molecule has 2 N–H and O–H groups in total. The number of hydrogen-bond acceptors (Lipinski definition) is 4. The minimum Gasteiger partial charge on any atom is -0.477 e. The van der Waals surface area contributed by atoms with E-state index < -0.39 is 39.8 Å². The molecule has 0 unspecified atom stereocenters. The highest BCUT2D eigenvalue weighted by Crippen LogP contribution is 2.26. The van der Waals surface area contributed by atoms with Crippen molar-refractivity contribution < 1.29 is 23.6 Å². The molecule has 1 rings (SSSR count). The van der Waals surface area contributed by atoms with Crippen molar-refractivity contribution in [2.45, 2.75) is 6.43 Å². The third-order valence-electron chi connectivity index (χ3n) is 1.69. The van der Waals surface area contributed by atoms with E-state index in [1.807, 2.05) is 0 Å². The number of aromatic carboxylic acids is 1. The number of carbonyl (C=O) groups is 1. The predicted molar refractivity (Wildman–Crippen MR) is 45.6 cm³/mol. The van der Waals surface area contributed by atoms with Gasteiger partial charge in [0, 0.05) is 11.6 Å². The van der Waals surface area contributed by atoms with Crippen molar-refractivity contribution in [1.82, 2.24) is 4.98 Å². The van der Waals surface area contributed by atoms with Gasteiger partial charge in [0.2, 0.25) is 0 Å². The lowest BCUT2D eigenvalue weighted by Crippen LogP contribution is -2.16. The van der Waals surface area contributed by atoms with Gasteiger partial charge in [0.05, 0.1) is 0 Å². The van der Waals surface area contributed by atoms with Gasteiger partial charge in [-0.05, 0) is 4.92 Å². The Hall–Kier alpha value is -2.32. The number of aromatic amines is 1. The Balaban J connectivity index is 3.67. The van der Waals surface area contributed by atoms with Crippen LogP contribution in [0.3, 0.4) is 0 Å². The van der Waals surface area contributed by atoms with Crippen molar-refractivity contribution in [1.29, 1.82) is 0 Å². The van der Waals surface area contributed by atoms with E-state index in [0.717, 1.165) is 0 Å². The van der Waals surface area contributed by atoms with Crippen molar-refractivity contribution in [3.8, 4) is 0 Å². The second kappa shape index (κ2) is 4.04. The highest BCUT2D eigenvalue weighted by Gasteiger charge is 2.29. The van der Waals surface area contributed by atoms with Gasteiger partial charge in [-0.15, -0.1) is 0 Å². The van der Waals surface area contributed by atoms with E-state index in [-0.39, 0.29) is 0 Å². The van der Waals surface area contributed by atoms with Gasteiger partial charge in [-0.2, -0.15) is 0 Å². The molecule has 0 aromatic carbocycles. The number of rotatable bonds is 3. The summed E-state index contributed by atoms with van der Waals surface area (Å²) < 4.78 is 24.7. The fourth-order valence-electron chi connectivity index (χ4n) is 1.10. The van der Waals surface area contributed by atoms with Gasteiger partial charge in [-0.25, -0.2) is 23.4 Å². The Labute approximate surface area is 85.5 Å². The molecule has 0 radical (unpaired) electrons. The van der Waals surface area contributed by atoms with Crippen molar-refractivity contribution in [2.75, 3.05) is 0 Å². The van der Waals surface area contributed by atoms with Crippen LogP contribution in [0.1, 0.15) is 22.3 Å². The van der Waals surface area contributed by atoms with Gasteiger partial charge in [-0.3, -0.25) is 0 Å². The molecule has 0 aliphatic carbocycles. The maximum absolute atomic E-state index is 12.4. The van der Waals surface area contributed by atoms with Crippen molar-refractivity contribution in [3.63, 3.8) is 0 Å². The third-order valence-corrected chi connectivity index (χ3v) is 1.69. The molecule has 16 heavy (non-hydrogen) atoms. The van der Waals surface area contributed by atoms with E-state index >= 15 is 0 Å². The number of pyridine rings is 1. The van der Waals surface area contributed by atoms with Crippen LogP contribution < -0.4 is 5.56 Å². The van der Waals surface area contributed by atoms with Crippen LogP contribution in [0.5, 0.6) is 0 Å². The van der Waals surface area contributed by atoms with Gasteiger partial charge >= 0.3 is 17.3 Å². The predicted octanol–water partition coefficient (Wildman–Crippen LogP) is 0.919. The van der Waals surface area contributed by atoms with E-state index in [9.17, 15) is 28.5 Å². The Morgan fingerprint density at radius 2 is 2.12 bits per heavy atom. The molecular formula is C7H4F2N2O5. The van der Waals surface area contributed by atoms with Gasteiger partial charge in [0.1, 0.15) is 0 Å². The summed E-state index contributed by atoms with van der Waals surface area (Å²) >= 11 is 0. The molecule has 0 bridgehead atoms. The Morgan fingerprint density at radius 1 is 1.56 bits per heavy atom. The fourth-order valence-corrected chi connectivity index (χ4v) is 1.10. The van der Waals surface area contributed by atoms with Gasteiger partial charge in [0.25, 0.3) is 6.43 Å². The molecule has 0 aliphatic rings. The summed E-state index contributed by atoms with van der Waals surface area (Å²) in [5.74, 6) is -3.16. The lowest BCUT2D eigenvalue weighted by atomic mass is 10.1. The van der Waals surface area contributed by atoms with Gasteiger partial charge in [-0.1, -0.05) is 0 Å². The Morgan fingerprint density at radius 3 is 2.50 bits per heavy atom. The molecule has 1 aromatic heterocycles. The molecule has 86 valence electrons. The number of hydrogen-bond donors (Lipinski definition) is 2. The molecule has 0 saturated heterocycles.